The predicted octanol–water partition coefficient (Wildman–Crippen LogP) is 6.11. The second-order valence-corrected chi connectivity index (χ2v) is 6.59. The number of carbonyl (C=O) groups excluding carboxylic acids is 1. The molecule has 0 unspecified atom stereocenters. The molecule has 0 atom stereocenters. The molecule has 0 fully saturated rings. The topological polar surface area (TPSA) is 61.6 Å². The number of nitrogens with two attached hydrogens (primary N) is 1. The average molecular weight is 455 g/mol. The van der Waals surface area contributed by atoms with Crippen molar-refractivity contribution < 1.29 is 40.6 Å². The van der Waals surface area contributed by atoms with Crippen molar-refractivity contribution in [2.45, 2.75) is 12.5 Å². The van der Waals surface area contributed by atoms with Gasteiger partial charge in [-0.05, 0) is 35.9 Å². The monoisotopic (exact) mass is 455 g/mol. The summed E-state index contributed by atoms with van der Waals surface area (Å²) < 4.78 is 85.6. The molecule has 4 nitrogen and oxygen atoms in total. The number of ketones is 1. The van der Waals surface area contributed by atoms with Crippen LogP contribution in [0, 0.1) is 0 Å². The number of hydrogen-bond acceptors (Lipinski definition) is 4. The van der Waals surface area contributed by atoms with Crippen molar-refractivity contribution in [3.05, 3.63) is 77.9 Å². The van der Waals surface area contributed by atoms with E-state index >= 15 is 0 Å². The molecule has 0 bridgehead atoms. The molecule has 2 N–H and O–H groups in total. The largest absolute Gasteiger partial charge is 0.573 e. The fourth-order valence-electron chi connectivity index (χ4n) is 2.89. The summed E-state index contributed by atoms with van der Waals surface area (Å²) in [6, 6.07) is 13.4. The standard InChI is InChI=1S/C22H15F6NO3/c23-21(24,25)15-6-1-5-14(10-15)19(30)12-31-20-17(8-3-9-18(20)29)13-4-2-7-16(11-13)32-22(26,27)28/h1-11H,12,29H2. The van der Waals surface area contributed by atoms with Crippen molar-refractivity contribution in [3.63, 3.8) is 0 Å². The van der Waals surface area contributed by atoms with Gasteiger partial charge < -0.3 is 15.2 Å². The highest BCUT2D eigenvalue weighted by Gasteiger charge is 2.32. The van der Waals surface area contributed by atoms with Crippen molar-refractivity contribution >= 4 is 11.5 Å². The van der Waals surface area contributed by atoms with Crippen molar-refractivity contribution in [3.8, 4) is 22.6 Å². The summed E-state index contributed by atoms with van der Waals surface area (Å²) in [6.45, 7) is -0.638. The Morgan fingerprint density at radius 1 is 0.875 bits per heavy atom. The van der Waals surface area contributed by atoms with Gasteiger partial charge in [0.2, 0.25) is 0 Å². The fourth-order valence-corrected chi connectivity index (χ4v) is 2.89. The maximum absolute atomic E-state index is 12.9. The highest BCUT2D eigenvalue weighted by Crippen LogP contribution is 2.37. The summed E-state index contributed by atoms with van der Waals surface area (Å²) in [5.74, 6) is -1.21. The Morgan fingerprint density at radius 3 is 2.25 bits per heavy atom. The first-order chi connectivity index (χ1) is 14.9. The van der Waals surface area contributed by atoms with E-state index in [0.29, 0.717) is 6.07 Å². The Morgan fingerprint density at radius 2 is 1.56 bits per heavy atom. The minimum absolute atomic E-state index is 0.00279. The highest BCUT2D eigenvalue weighted by atomic mass is 19.4. The van der Waals surface area contributed by atoms with Crippen molar-refractivity contribution in [2.75, 3.05) is 12.3 Å². The molecule has 0 saturated carbocycles. The van der Waals surface area contributed by atoms with E-state index in [9.17, 15) is 31.1 Å². The van der Waals surface area contributed by atoms with Crippen molar-refractivity contribution in [1.82, 2.24) is 0 Å². The summed E-state index contributed by atoms with van der Waals surface area (Å²) >= 11 is 0. The zero-order chi connectivity index (χ0) is 23.5. The van der Waals surface area contributed by atoms with Gasteiger partial charge in [0.25, 0.3) is 0 Å². The van der Waals surface area contributed by atoms with Gasteiger partial charge in [0.15, 0.2) is 18.1 Å². The van der Waals surface area contributed by atoms with E-state index in [1.807, 2.05) is 0 Å². The predicted molar refractivity (Wildman–Crippen MR) is 104 cm³/mol. The third kappa shape index (κ3) is 5.71. The van der Waals surface area contributed by atoms with E-state index in [4.69, 9.17) is 10.5 Å². The number of halogens is 6. The third-order valence-corrected chi connectivity index (χ3v) is 4.28. The summed E-state index contributed by atoms with van der Waals surface area (Å²) in [6.07, 6.45) is -9.50. The first kappa shape index (κ1) is 23.0. The van der Waals surface area contributed by atoms with Crippen LogP contribution in [0.3, 0.4) is 0 Å². The van der Waals surface area contributed by atoms with Gasteiger partial charge in [-0.1, -0.05) is 36.4 Å². The number of anilines is 1. The van der Waals surface area contributed by atoms with Gasteiger partial charge in [-0.2, -0.15) is 13.2 Å². The van der Waals surface area contributed by atoms with Crippen molar-refractivity contribution in [2.24, 2.45) is 0 Å². The minimum Gasteiger partial charge on any atom is -0.483 e. The molecule has 3 aromatic carbocycles. The third-order valence-electron chi connectivity index (χ3n) is 4.28. The lowest BCUT2D eigenvalue weighted by Gasteiger charge is -2.15. The van der Waals surface area contributed by atoms with Crippen LogP contribution in [0.15, 0.2) is 66.7 Å². The number of nitrogen functional groups attached to an aromatic ring is 1. The number of ether oxygens (including phenoxy) is 2. The van der Waals surface area contributed by atoms with Crippen LogP contribution >= 0.6 is 0 Å². The Labute approximate surface area is 178 Å². The molecule has 0 aromatic heterocycles. The second kappa shape index (κ2) is 8.81. The van der Waals surface area contributed by atoms with E-state index in [2.05, 4.69) is 4.74 Å². The molecule has 10 heteroatoms. The summed E-state index contributed by atoms with van der Waals surface area (Å²) in [5, 5.41) is 0. The Balaban J connectivity index is 1.85. The number of para-hydroxylation sites is 1. The first-order valence-corrected chi connectivity index (χ1v) is 9.02. The van der Waals surface area contributed by atoms with E-state index in [1.165, 1.54) is 36.4 Å². The number of alkyl halides is 6. The maximum atomic E-state index is 12.9. The molecule has 0 heterocycles. The van der Waals surface area contributed by atoms with E-state index in [1.54, 1.807) is 0 Å². The van der Waals surface area contributed by atoms with Crippen LogP contribution < -0.4 is 15.2 Å². The summed E-state index contributed by atoms with van der Waals surface area (Å²) in [7, 11) is 0. The van der Waals surface area contributed by atoms with Gasteiger partial charge in [-0.15, -0.1) is 13.2 Å². The van der Waals surface area contributed by atoms with Crippen LogP contribution in [0.1, 0.15) is 15.9 Å². The minimum atomic E-state index is -4.88. The summed E-state index contributed by atoms with van der Waals surface area (Å²) in [5.41, 5.74) is 5.34. The molecule has 0 spiro atoms. The number of Topliss-reactive ketones (excluding diaryl/α,β-unsaturated/α-hetero) is 1. The van der Waals surface area contributed by atoms with Gasteiger partial charge in [-0.25, -0.2) is 0 Å². The Bertz CT molecular complexity index is 1130. The molecule has 32 heavy (non-hydrogen) atoms. The van der Waals surface area contributed by atoms with Gasteiger partial charge in [-0.3, -0.25) is 4.79 Å². The smallest absolute Gasteiger partial charge is 0.483 e. The lowest BCUT2D eigenvalue weighted by molar-refractivity contribution is -0.274. The first-order valence-electron chi connectivity index (χ1n) is 9.02. The molecule has 0 aliphatic rings. The quantitative estimate of drug-likeness (QED) is 0.277. The normalized spacial score (nSPS) is 11.8. The lowest BCUT2D eigenvalue weighted by atomic mass is 10.0. The SMILES string of the molecule is Nc1cccc(-c2cccc(OC(F)(F)F)c2)c1OCC(=O)c1cccc(C(F)(F)F)c1. The molecule has 168 valence electrons. The molecule has 3 aromatic rings. The number of carbonyl (C=O) groups is 1. The molecule has 0 amide bonds. The zero-order valence-corrected chi connectivity index (χ0v) is 16.1. The number of benzene rings is 3. The average Bonchev–Trinajstić information content (AvgIpc) is 2.71. The zero-order valence-electron chi connectivity index (χ0n) is 16.1. The molecule has 0 radical (unpaired) electrons. The van der Waals surface area contributed by atoms with Crippen LogP contribution in [0.5, 0.6) is 11.5 Å². The molecular formula is C22H15F6NO3. The molecule has 0 saturated heterocycles. The maximum Gasteiger partial charge on any atom is 0.573 e. The van der Waals surface area contributed by atoms with Gasteiger partial charge in [0.1, 0.15) is 5.75 Å². The summed E-state index contributed by atoms with van der Waals surface area (Å²) in [4.78, 5) is 12.4. The Hall–Kier alpha value is -3.69. The molecule has 3 rings (SSSR count). The van der Waals surface area contributed by atoms with Gasteiger partial charge >= 0.3 is 12.5 Å². The van der Waals surface area contributed by atoms with Gasteiger partial charge in [0, 0.05) is 11.1 Å². The van der Waals surface area contributed by atoms with Crippen LogP contribution in [-0.2, 0) is 6.18 Å². The second-order valence-electron chi connectivity index (χ2n) is 6.59. The molecular weight excluding hydrogens is 440 g/mol. The van der Waals surface area contributed by atoms with Crippen molar-refractivity contribution in [1.29, 1.82) is 0 Å². The molecule has 0 aliphatic carbocycles. The molecule has 0 aliphatic heterocycles. The Kier molecular flexibility index (Phi) is 6.33. The van der Waals surface area contributed by atoms with E-state index in [0.717, 1.165) is 24.3 Å². The highest BCUT2D eigenvalue weighted by molar-refractivity contribution is 5.97. The lowest BCUT2D eigenvalue weighted by Crippen LogP contribution is -2.17. The van der Waals surface area contributed by atoms with E-state index < -0.39 is 36.2 Å². The van der Waals surface area contributed by atoms with Crippen LogP contribution in [0.2, 0.25) is 0 Å². The fraction of sp³-hybridized carbons (Fsp3) is 0.136. The number of rotatable bonds is 6. The van der Waals surface area contributed by atoms with Crippen LogP contribution in [0.25, 0.3) is 11.1 Å². The number of hydrogen-bond donors (Lipinski definition) is 1. The van der Waals surface area contributed by atoms with Gasteiger partial charge in [0.05, 0.1) is 11.3 Å². The van der Waals surface area contributed by atoms with Crippen LogP contribution in [0.4, 0.5) is 32.0 Å². The van der Waals surface area contributed by atoms with Crippen LogP contribution in [-0.4, -0.2) is 18.8 Å². The van der Waals surface area contributed by atoms with E-state index in [-0.39, 0.29) is 28.1 Å².